The van der Waals surface area contributed by atoms with Gasteiger partial charge in [-0.15, -0.1) is 0 Å². The number of carbonyl (C=O) groups is 1. The Hall–Kier alpha value is -3.03. The summed E-state index contributed by atoms with van der Waals surface area (Å²) < 4.78 is 5.01. The van der Waals surface area contributed by atoms with Crippen LogP contribution in [-0.2, 0) is 0 Å². The zero-order chi connectivity index (χ0) is 19.4. The van der Waals surface area contributed by atoms with Crippen LogP contribution >= 0.6 is 23.2 Å². The van der Waals surface area contributed by atoms with E-state index in [-0.39, 0.29) is 11.4 Å². The van der Waals surface area contributed by atoms with Crippen molar-refractivity contribution in [1.29, 1.82) is 0 Å². The third-order valence-corrected chi connectivity index (χ3v) is 4.20. The topological polar surface area (TPSA) is 99.6 Å². The van der Waals surface area contributed by atoms with E-state index in [9.17, 15) is 9.90 Å². The number of phenols is 1. The molecular formula is C18H14Cl2N4O3. The number of hydrogen-bond acceptors (Lipinski definition) is 5. The normalized spacial score (nSPS) is 10.9. The predicted molar refractivity (Wildman–Crippen MR) is 104 cm³/mol. The molecule has 1 aromatic heterocycles. The van der Waals surface area contributed by atoms with Crippen molar-refractivity contribution in [3.05, 3.63) is 63.8 Å². The summed E-state index contributed by atoms with van der Waals surface area (Å²) in [4.78, 5) is 12.2. The molecular weight excluding hydrogens is 391 g/mol. The number of H-pyrrole nitrogens is 1. The van der Waals surface area contributed by atoms with E-state index in [0.29, 0.717) is 32.6 Å². The van der Waals surface area contributed by atoms with Crippen LogP contribution in [0.25, 0.3) is 11.3 Å². The molecule has 7 nitrogen and oxygen atoms in total. The van der Waals surface area contributed by atoms with Crippen LogP contribution in [0.4, 0.5) is 0 Å². The molecule has 0 aliphatic heterocycles. The van der Waals surface area contributed by atoms with Gasteiger partial charge in [0.1, 0.15) is 5.69 Å². The van der Waals surface area contributed by atoms with Gasteiger partial charge in [0.25, 0.3) is 5.91 Å². The van der Waals surface area contributed by atoms with Crippen molar-refractivity contribution in [2.24, 2.45) is 5.10 Å². The number of amides is 1. The highest BCUT2D eigenvalue weighted by Crippen LogP contribution is 2.29. The first kappa shape index (κ1) is 18.8. The number of para-hydroxylation sites is 1. The molecule has 0 fully saturated rings. The van der Waals surface area contributed by atoms with Crippen LogP contribution in [0.2, 0.25) is 10.0 Å². The maximum atomic E-state index is 12.2. The molecule has 27 heavy (non-hydrogen) atoms. The van der Waals surface area contributed by atoms with Gasteiger partial charge < -0.3 is 9.84 Å². The number of hydrazone groups is 1. The Labute approximate surface area is 164 Å². The van der Waals surface area contributed by atoms with E-state index in [0.717, 1.165) is 0 Å². The van der Waals surface area contributed by atoms with Crippen molar-refractivity contribution in [3.63, 3.8) is 0 Å². The van der Waals surface area contributed by atoms with Gasteiger partial charge in [0.05, 0.1) is 24.0 Å². The summed E-state index contributed by atoms with van der Waals surface area (Å²) in [7, 11) is 1.44. The highest BCUT2D eigenvalue weighted by atomic mass is 35.5. The van der Waals surface area contributed by atoms with Gasteiger partial charge in [-0.05, 0) is 36.4 Å². The largest absolute Gasteiger partial charge is 0.504 e. The van der Waals surface area contributed by atoms with Gasteiger partial charge in [0, 0.05) is 16.1 Å². The van der Waals surface area contributed by atoms with E-state index in [1.165, 1.54) is 13.3 Å². The third-order valence-electron chi connectivity index (χ3n) is 3.65. The van der Waals surface area contributed by atoms with Crippen molar-refractivity contribution >= 4 is 35.3 Å². The molecule has 0 saturated heterocycles. The second kappa shape index (κ2) is 8.11. The number of aromatic hydroxyl groups is 1. The van der Waals surface area contributed by atoms with Gasteiger partial charge >= 0.3 is 0 Å². The number of nitrogens with one attached hydrogen (secondary N) is 2. The van der Waals surface area contributed by atoms with Crippen LogP contribution < -0.4 is 10.2 Å². The van der Waals surface area contributed by atoms with E-state index < -0.39 is 5.91 Å². The number of benzene rings is 2. The molecule has 3 N–H and O–H groups in total. The molecule has 9 heteroatoms. The molecule has 0 radical (unpaired) electrons. The number of aromatic amines is 1. The minimum absolute atomic E-state index is 0.0702. The number of hydrogen-bond donors (Lipinski definition) is 3. The van der Waals surface area contributed by atoms with Crippen LogP contribution in [0.3, 0.4) is 0 Å². The second-order valence-corrected chi connectivity index (χ2v) is 6.23. The summed E-state index contributed by atoms with van der Waals surface area (Å²) in [6.07, 6.45) is 1.31. The Kier molecular flexibility index (Phi) is 5.63. The Morgan fingerprint density at radius 1 is 1.30 bits per heavy atom. The molecule has 2 aromatic carbocycles. The van der Waals surface area contributed by atoms with Crippen molar-refractivity contribution in [1.82, 2.24) is 15.6 Å². The van der Waals surface area contributed by atoms with E-state index >= 15 is 0 Å². The van der Waals surface area contributed by atoms with E-state index in [1.54, 1.807) is 42.5 Å². The van der Waals surface area contributed by atoms with Gasteiger partial charge in [-0.25, -0.2) is 5.43 Å². The molecule has 0 bridgehead atoms. The Morgan fingerprint density at radius 3 is 2.85 bits per heavy atom. The summed E-state index contributed by atoms with van der Waals surface area (Å²) in [5.74, 6) is -0.264. The molecule has 1 amide bonds. The molecule has 0 aliphatic rings. The predicted octanol–water partition coefficient (Wildman–Crippen LogP) is 3.86. The molecule has 0 saturated carbocycles. The highest BCUT2D eigenvalue weighted by Gasteiger charge is 2.13. The monoisotopic (exact) mass is 404 g/mol. The first-order valence-electron chi connectivity index (χ1n) is 7.70. The standard InChI is InChI=1S/C18H14Cl2N4O3/c1-27-16-4-2-3-10(17(16)25)9-21-24-18(26)15-8-14(22-23-15)12-6-5-11(19)7-13(12)20/h2-9,25H,1H3,(H,22,23)(H,24,26)/b21-9+. The molecule has 0 atom stereocenters. The van der Waals surface area contributed by atoms with E-state index in [1.807, 2.05) is 0 Å². The lowest BCUT2D eigenvalue weighted by atomic mass is 10.1. The molecule has 138 valence electrons. The fourth-order valence-corrected chi connectivity index (χ4v) is 2.81. The Balaban J connectivity index is 1.71. The minimum Gasteiger partial charge on any atom is -0.504 e. The highest BCUT2D eigenvalue weighted by molar-refractivity contribution is 6.36. The molecule has 1 heterocycles. The molecule has 3 aromatic rings. The minimum atomic E-state index is -0.502. The van der Waals surface area contributed by atoms with Crippen molar-refractivity contribution in [2.45, 2.75) is 0 Å². The molecule has 0 unspecified atom stereocenters. The van der Waals surface area contributed by atoms with Gasteiger partial charge in [-0.2, -0.15) is 10.2 Å². The number of ether oxygens (including phenoxy) is 1. The number of halogens is 2. The van der Waals surface area contributed by atoms with Crippen molar-refractivity contribution in [3.8, 4) is 22.8 Å². The zero-order valence-corrected chi connectivity index (χ0v) is 15.5. The van der Waals surface area contributed by atoms with Crippen LogP contribution in [0.1, 0.15) is 16.1 Å². The maximum absolute atomic E-state index is 12.2. The smallest absolute Gasteiger partial charge is 0.289 e. The van der Waals surface area contributed by atoms with Gasteiger partial charge in [-0.3, -0.25) is 9.89 Å². The number of rotatable bonds is 5. The second-order valence-electron chi connectivity index (χ2n) is 5.39. The summed E-state index contributed by atoms with van der Waals surface area (Å²) in [5, 5.41) is 21.4. The summed E-state index contributed by atoms with van der Waals surface area (Å²) in [6, 6.07) is 11.5. The lowest BCUT2D eigenvalue weighted by molar-refractivity contribution is 0.0950. The molecule has 0 aliphatic carbocycles. The van der Waals surface area contributed by atoms with Crippen LogP contribution in [0, 0.1) is 0 Å². The van der Waals surface area contributed by atoms with E-state index in [4.69, 9.17) is 27.9 Å². The summed E-state index contributed by atoms with van der Waals surface area (Å²) in [5.41, 5.74) is 4.08. The summed E-state index contributed by atoms with van der Waals surface area (Å²) >= 11 is 12.0. The van der Waals surface area contributed by atoms with Gasteiger partial charge in [0.15, 0.2) is 11.5 Å². The first-order valence-corrected chi connectivity index (χ1v) is 8.45. The fourth-order valence-electron chi connectivity index (χ4n) is 2.30. The lowest BCUT2D eigenvalue weighted by Crippen LogP contribution is -2.18. The van der Waals surface area contributed by atoms with E-state index in [2.05, 4.69) is 20.7 Å². The number of carbonyl (C=O) groups excluding carboxylic acids is 1. The molecule has 0 spiro atoms. The quantitative estimate of drug-likeness (QED) is 0.443. The Bertz CT molecular complexity index is 1020. The number of aromatic nitrogens is 2. The van der Waals surface area contributed by atoms with Crippen LogP contribution in [-0.4, -0.2) is 34.5 Å². The average Bonchev–Trinajstić information content (AvgIpc) is 3.13. The number of nitrogens with zero attached hydrogens (tertiary/aromatic N) is 2. The number of phenolic OH excluding ortho intramolecular Hbond substituents is 1. The van der Waals surface area contributed by atoms with Gasteiger partial charge in [-0.1, -0.05) is 29.3 Å². The van der Waals surface area contributed by atoms with Crippen LogP contribution in [0.15, 0.2) is 47.6 Å². The number of methoxy groups -OCH3 is 1. The SMILES string of the molecule is COc1cccc(/C=N/NC(=O)c2cc(-c3ccc(Cl)cc3Cl)n[nH]2)c1O. The summed E-state index contributed by atoms with van der Waals surface area (Å²) in [6.45, 7) is 0. The maximum Gasteiger partial charge on any atom is 0.289 e. The van der Waals surface area contributed by atoms with Crippen LogP contribution in [0.5, 0.6) is 11.5 Å². The van der Waals surface area contributed by atoms with Crippen molar-refractivity contribution < 1.29 is 14.6 Å². The average molecular weight is 405 g/mol. The third kappa shape index (κ3) is 4.21. The lowest BCUT2D eigenvalue weighted by Gasteiger charge is -2.04. The fraction of sp³-hybridized carbons (Fsp3) is 0.0556. The Morgan fingerprint density at radius 2 is 2.11 bits per heavy atom. The molecule has 3 rings (SSSR count). The zero-order valence-electron chi connectivity index (χ0n) is 14.0. The van der Waals surface area contributed by atoms with Gasteiger partial charge in [0.2, 0.25) is 0 Å². The van der Waals surface area contributed by atoms with Crippen molar-refractivity contribution in [2.75, 3.05) is 7.11 Å². The first-order chi connectivity index (χ1) is 13.0.